The number of carbonyl (C=O) groups is 1. The molecule has 3 aromatic rings. The fraction of sp³-hybridized carbons (Fsp3) is 0.308. The smallest absolute Gasteiger partial charge is 0.241 e. The Hall–Kier alpha value is -3.96. The lowest BCUT2D eigenvalue weighted by molar-refractivity contribution is -0.117. The van der Waals surface area contributed by atoms with Gasteiger partial charge < -0.3 is 21.3 Å². The molecule has 34 heavy (non-hydrogen) atoms. The quantitative estimate of drug-likeness (QED) is 0.346. The van der Waals surface area contributed by atoms with Crippen molar-refractivity contribution < 1.29 is 4.79 Å². The summed E-state index contributed by atoms with van der Waals surface area (Å²) in [5.41, 5.74) is 3.41. The Bertz CT molecular complexity index is 1140. The minimum absolute atomic E-state index is 0.0981. The third-order valence-electron chi connectivity index (χ3n) is 5.08. The predicted molar refractivity (Wildman–Crippen MR) is 137 cm³/mol. The molecule has 0 fully saturated rings. The molecule has 0 bridgehead atoms. The van der Waals surface area contributed by atoms with E-state index >= 15 is 0 Å². The van der Waals surface area contributed by atoms with Gasteiger partial charge in [-0.25, -0.2) is 4.98 Å². The first-order chi connectivity index (χ1) is 16.6. The van der Waals surface area contributed by atoms with Crippen molar-refractivity contribution in [3.8, 4) is 11.8 Å². The Morgan fingerprint density at radius 3 is 2.68 bits per heavy atom. The average Bonchev–Trinajstić information content (AvgIpc) is 2.87. The fourth-order valence-corrected chi connectivity index (χ4v) is 3.00. The lowest BCUT2D eigenvalue weighted by Gasteiger charge is -2.11. The van der Waals surface area contributed by atoms with Crippen LogP contribution >= 0.6 is 0 Å². The van der Waals surface area contributed by atoms with E-state index in [-0.39, 0.29) is 11.9 Å². The SMILES string of the molecule is CCCNc1nc(NCCc2ccncc2)ncc1C#Cc1cccc(NC(=O)[C@H](C)NC)c1. The number of likely N-dealkylation sites (N-methyl/N-ethyl adjacent to an activating group) is 1. The van der Waals surface area contributed by atoms with Crippen LogP contribution < -0.4 is 21.3 Å². The van der Waals surface area contributed by atoms with E-state index in [4.69, 9.17) is 0 Å². The van der Waals surface area contributed by atoms with Crippen molar-refractivity contribution in [3.05, 3.63) is 71.7 Å². The third kappa shape index (κ3) is 7.57. The van der Waals surface area contributed by atoms with E-state index in [1.165, 1.54) is 5.56 Å². The minimum Gasteiger partial charge on any atom is -0.369 e. The molecule has 2 aromatic heterocycles. The van der Waals surface area contributed by atoms with Gasteiger partial charge in [-0.3, -0.25) is 9.78 Å². The molecule has 0 aliphatic carbocycles. The standard InChI is InChI=1S/C26H31N7O/c1-4-13-29-24-22(18-31-26(33-24)30-16-12-20-10-14-28-15-11-20)9-8-21-6-5-7-23(17-21)32-25(34)19(2)27-3/h5-7,10-11,14-15,17-19,27H,4,12-13,16H2,1-3H3,(H,32,34)(H2,29,30,31,33)/t19-/m0/s1. The Balaban J connectivity index is 1.71. The molecule has 1 atom stereocenters. The van der Waals surface area contributed by atoms with E-state index in [1.807, 2.05) is 43.3 Å². The first-order valence-corrected chi connectivity index (χ1v) is 11.4. The third-order valence-corrected chi connectivity index (χ3v) is 5.08. The van der Waals surface area contributed by atoms with Crippen molar-refractivity contribution in [3.63, 3.8) is 0 Å². The molecule has 0 saturated carbocycles. The number of aromatic nitrogens is 3. The van der Waals surface area contributed by atoms with Gasteiger partial charge in [-0.1, -0.05) is 24.8 Å². The zero-order chi connectivity index (χ0) is 24.2. The number of nitrogens with one attached hydrogen (secondary N) is 4. The van der Waals surface area contributed by atoms with E-state index in [9.17, 15) is 4.79 Å². The van der Waals surface area contributed by atoms with Gasteiger partial charge in [0.2, 0.25) is 11.9 Å². The summed E-state index contributed by atoms with van der Waals surface area (Å²) in [4.78, 5) is 25.2. The maximum atomic E-state index is 12.1. The molecule has 0 radical (unpaired) electrons. The Morgan fingerprint density at radius 1 is 1.09 bits per heavy atom. The molecule has 8 heteroatoms. The first kappa shape index (κ1) is 24.7. The van der Waals surface area contributed by atoms with Crippen LogP contribution in [0.2, 0.25) is 0 Å². The largest absolute Gasteiger partial charge is 0.369 e. The van der Waals surface area contributed by atoms with Gasteiger partial charge in [-0.05, 0) is 62.7 Å². The molecule has 0 aliphatic heterocycles. The molecular formula is C26H31N7O. The highest BCUT2D eigenvalue weighted by Crippen LogP contribution is 2.15. The summed E-state index contributed by atoms with van der Waals surface area (Å²) < 4.78 is 0. The van der Waals surface area contributed by atoms with Crippen LogP contribution in [-0.4, -0.2) is 47.0 Å². The highest BCUT2D eigenvalue weighted by molar-refractivity contribution is 5.94. The van der Waals surface area contributed by atoms with Crippen LogP contribution in [0.15, 0.2) is 55.0 Å². The van der Waals surface area contributed by atoms with E-state index < -0.39 is 0 Å². The molecule has 0 saturated heterocycles. The van der Waals surface area contributed by atoms with Crippen LogP contribution in [0, 0.1) is 11.8 Å². The summed E-state index contributed by atoms with van der Waals surface area (Å²) in [5, 5.41) is 12.4. The number of amides is 1. The van der Waals surface area contributed by atoms with Crippen LogP contribution in [0.1, 0.15) is 37.0 Å². The summed E-state index contributed by atoms with van der Waals surface area (Å²) in [5.74, 6) is 7.48. The zero-order valence-electron chi connectivity index (χ0n) is 19.9. The van der Waals surface area contributed by atoms with Crippen LogP contribution in [0.3, 0.4) is 0 Å². The van der Waals surface area contributed by atoms with Crippen molar-refractivity contribution in [2.75, 3.05) is 36.1 Å². The lowest BCUT2D eigenvalue weighted by atomic mass is 10.2. The summed E-state index contributed by atoms with van der Waals surface area (Å²) in [6.45, 7) is 5.41. The highest BCUT2D eigenvalue weighted by atomic mass is 16.2. The van der Waals surface area contributed by atoms with Crippen molar-refractivity contribution >= 4 is 23.4 Å². The van der Waals surface area contributed by atoms with Gasteiger partial charge in [0, 0.05) is 36.7 Å². The van der Waals surface area contributed by atoms with Crippen LogP contribution in [0.25, 0.3) is 0 Å². The highest BCUT2D eigenvalue weighted by Gasteiger charge is 2.10. The summed E-state index contributed by atoms with van der Waals surface area (Å²) >= 11 is 0. The fourth-order valence-electron chi connectivity index (χ4n) is 3.00. The molecule has 0 aliphatic rings. The first-order valence-electron chi connectivity index (χ1n) is 11.4. The molecular weight excluding hydrogens is 426 g/mol. The van der Waals surface area contributed by atoms with E-state index in [0.29, 0.717) is 29.6 Å². The maximum absolute atomic E-state index is 12.1. The topological polar surface area (TPSA) is 104 Å². The number of pyridine rings is 1. The summed E-state index contributed by atoms with van der Waals surface area (Å²) in [7, 11) is 1.75. The second-order valence-corrected chi connectivity index (χ2v) is 7.75. The van der Waals surface area contributed by atoms with Crippen molar-refractivity contribution in [2.24, 2.45) is 0 Å². The summed E-state index contributed by atoms with van der Waals surface area (Å²) in [6.07, 6.45) is 7.13. The van der Waals surface area contributed by atoms with Gasteiger partial charge in [-0.15, -0.1) is 0 Å². The molecule has 4 N–H and O–H groups in total. The van der Waals surface area contributed by atoms with Gasteiger partial charge in [-0.2, -0.15) is 4.98 Å². The van der Waals surface area contributed by atoms with E-state index in [0.717, 1.165) is 24.9 Å². The number of nitrogens with zero attached hydrogens (tertiary/aromatic N) is 3. The molecule has 0 spiro atoms. The minimum atomic E-state index is -0.282. The number of hydrogen-bond acceptors (Lipinski definition) is 7. The number of rotatable bonds is 10. The molecule has 176 valence electrons. The molecule has 2 heterocycles. The number of hydrogen-bond donors (Lipinski definition) is 4. The summed E-state index contributed by atoms with van der Waals surface area (Å²) in [6, 6.07) is 11.2. The van der Waals surface area contributed by atoms with Gasteiger partial charge in [0.05, 0.1) is 17.8 Å². The maximum Gasteiger partial charge on any atom is 0.241 e. The normalized spacial score (nSPS) is 11.1. The molecule has 0 unspecified atom stereocenters. The van der Waals surface area contributed by atoms with Crippen LogP contribution in [-0.2, 0) is 11.2 Å². The Morgan fingerprint density at radius 2 is 1.91 bits per heavy atom. The van der Waals surface area contributed by atoms with Gasteiger partial charge >= 0.3 is 0 Å². The number of anilines is 3. The molecule has 8 nitrogen and oxygen atoms in total. The van der Waals surface area contributed by atoms with Gasteiger partial charge in [0.25, 0.3) is 0 Å². The lowest BCUT2D eigenvalue weighted by Crippen LogP contribution is -2.35. The van der Waals surface area contributed by atoms with E-state index in [1.54, 1.807) is 25.6 Å². The molecule has 3 rings (SSSR count). The monoisotopic (exact) mass is 457 g/mol. The number of carbonyl (C=O) groups excluding carboxylic acids is 1. The second kappa shape index (κ2) is 12.9. The van der Waals surface area contributed by atoms with Crippen LogP contribution in [0.5, 0.6) is 0 Å². The van der Waals surface area contributed by atoms with Gasteiger partial charge in [0.15, 0.2) is 0 Å². The van der Waals surface area contributed by atoms with Crippen molar-refractivity contribution in [1.82, 2.24) is 20.3 Å². The van der Waals surface area contributed by atoms with Crippen molar-refractivity contribution in [2.45, 2.75) is 32.7 Å². The predicted octanol–water partition coefficient (Wildman–Crippen LogP) is 3.29. The zero-order valence-corrected chi connectivity index (χ0v) is 19.9. The van der Waals surface area contributed by atoms with Crippen LogP contribution in [0.4, 0.5) is 17.5 Å². The Kier molecular flexibility index (Phi) is 9.38. The molecule has 1 aromatic carbocycles. The van der Waals surface area contributed by atoms with Crippen molar-refractivity contribution in [1.29, 1.82) is 0 Å². The van der Waals surface area contributed by atoms with E-state index in [2.05, 4.69) is 55.0 Å². The molecule has 1 amide bonds. The average molecular weight is 458 g/mol. The number of benzene rings is 1. The Labute approximate surface area is 201 Å². The second-order valence-electron chi connectivity index (χ2n) is 7.75. The van der Waals surface area contributed by atoms with Gasteiger partial charge in [0.1, 0.15) is 5.82 Å².